The normalized spacial score (nSPS) is 25.1. The van der Waals surface area contributed by atoms with Gasteiger partial charge in [0.1, 0.15) is 6.04 Å². The molecule has 1 radical (unpaired) electrons. The summed E-state index contributed by atoms with van der Waals surface area (Å²) in [5.74, 6) is 0.114. The van der Waals surface area contributed by atoms with E-state index in [4.69, 9.17) is 4.74 Å². The SMILES string of the molecule is [CH2-]C1=C(C(=O)OC)N2C(=O)C(N(C)C)C2SC1.[V].[W]. The molecule has 1 amide bonds. The van der Waals surface area contributed by atoms with E-state index in [1.54, 1.807) is 11.8 Å². The van der Waals surface area contributed by atoms with E-state index >= 15 is 0 Å². The molecule has 0 spiro atoms. The average molecular weight is 490 g/mol. The Balaban J connectivity index is 0.00000162. The zero-order valence-electron chi connectivity index (χ0n) is 11.0. The van der Waals surface area contributed by atoms with Gasteiger partial charge in [-0.05, 0) is 25.5 Å². The zero-order chi connectivity index (χ0) is 12.7. The topological polar surface area (TPSA) is 49.9 Å². The van der Waals surface area contributed by atoms with Crippen LogP contribution in [-0.2, 0) is 53.9 Å². The minimum Gasteiger partial charge on any atom is -0.478 e. The number of methoxy groups -OCH3 is 1. The Morgan fingerprint density at radius 3 is 2.58 bits per heavy atom. The first-order chi connectivity index (χ1) is 7.99. The zero-order valence-corrected chi connectivity index (χ0v) is 16.1. The third kappa shape index (κ3) is 3.08. The molecule has 1 fully saturated rings. The van der Waals surface area contributed by atoms with Crippen LogP contribution in [0.2, 0.25) is 0 Å². The van der Waals surface area contributed by atoms with Gasteiger partial charge in [0.05, 0.1) is 12.5 Å². The largest absolute Gasteiger partial charge is 0.478 e. The van der Waals surface area contributed by atoms with Crippen LogP contribution in [0.3, 0.4) is 0 Å². The summed E-state index contributed by atoms with van der Waals surface area (Å²) in [6.07, 6.45) is 0. The number of likely N-dealkylation sites (N-methyl/N-ethyl adjacent to an activating group) is 1. The molecule has 1 saturated heterocycles. The van der Waals surface area contributed by atoms with Crippen molar-refractivity contribution in [3.05, 3.63) is 18.2 Å². The minimum atomic E-state index is -0.481. The summed E-state index contributed by atoms with van der Waals surface area (Å²) in [5.41, 5.74) is 0.975. The number of carbonyl (C=O) groups is 2. The summed E-state index contributed by atoms with van der Waals surface area (Å²) >= 11 is 1.63. The van der Waals surface area contributed by atoms with Crippen molar-refractivity contribution in [3.8, 4) is 0 Å². The van der Waals surface area contributed by atoms with E-state index < -0.39 is 5.97 Å². The van der Waals surface area contributed by atoms with Gasteiger partial charge in [0.25, 0.3) is 5.97 Å². The van der Waals surface area contributed by atoms with Crippen LogP contribution in [0.15, 0.2) is 11.3 Å². The molecule has 0 saturated carbocycles. The van der Waals surface area contributed by atoms with E-state index in [9.17, 15) is 9.59 Å². The Morgan fingerprint density at radius 2 is 2.11 bits per heavy atom. The first-order valence-corrected chi connectivity index (χ1v) is 6.28. The Morgan fingerprint density at radius 1 is 1.53 bits per heavy atom. The van der Waals surface area contributed by atoms with Gasteiger partial charge < -0.3 is 9.64 Å². The minimum absolute atomic E-state index is 0. The first-order valence-electron chi connectivity index (χ1n) is 5.23. The average Bonchev–Trinajstić information content (AvgIpc) is 2.28. The van der Waals surface area contributed by atoms with Gasteiger partial charge in [0.2, 0.25) is 5.91 Å². The predicted molar refractivity (Wildman–Crippen MR) is 65.0 cm³/mol. The number of amides is 1. The summed E-state index contributed by atoms with van der Waals surface area (Å²) in [4.78, 5) is 27.0. The predicted octanol–water partition coefficient (Wildman–Crippen LogP) is 0.0879. The molecule has 2 aliphatic rings. The molecular formula is C11H15N2O3SVW-. The van der Waals surface area contributed by atoms with Crippen LogP contribution in [0.25, 0.3) is 0 Å². The molecule has 105 valence electrons. The number of rotatable bonds is 2. The maximum Gasteiger partial charge on any atom is 0.270 e. The monoisotopic (exact) mass is 490 g/mol. The smallest absolute Gasteiger partial charge is 0.270 e. The molecule has 0 aromatic carbocycles. The maximum absolute atomic E-state index is 12.0. The number of carbonyl (C=O) groups excluding carboxylic acids is 2. The van der Waals surface area contributed by atoms with Gasteiger partial charge in [-0.3, -0.25) is 14.5 Å². The Kier molecular flexibility index (Phi) is 7.28. The second kappa shape index (κ2) is 7.23. The van der Waals surface area contributed by atoms with Crippen LogP contribution in [0.5, 0.6) is 0 Å². The number of nitrogens with zero attached hydrogens (tertiary/aromatic N) is 2. The molecule has 2 unspecified atom stereocenters. The molecule has 0 aromatic rings. The first kappa shape index (κ1) is 19.1. The summed E-state index contributed by atoms with van der Waals surface area (Å²) in [5, 5.41) is -0.00269. The summed E-state index contributed by atoms with van der Waals surface area (Å²) in [6.45, 7) is 3.82. The molecular weight excluding hydrogens is 475 g/mol. The van der Waals surface area contributed by atoms with E-state index in [2.05, 4.69) is 6.92 Å². The van der Waals surface area contributed by atoms with Crippen molar-refractivity contribution < 1.29 is 53.9 Å². The number of fused-ring (bicyclic) bond motifs is 1. The number of ether oxygens (including phenoxy) is 1. The van der Waals surface area contributed by atoms with Crippen LogP contribution in [-0.4, -0.2) is 60.1 Å². The molecule has 0 N–H and O–H groups in total. The van der Waals surface area contributed by atoms with E-state index in [-0.39, 0.29) is 56.9 Å². The Hall–Kier alpha value is 0.133. The van der Waals surface area contributed by atoms with Gasteiger partial charge in [-0.2, -0.15) is 5.57 Å². The molecule has 0 bridgehead atoms. The van der Waals surface area contributed by atoms with Gasteiger partial charge in [0, 0.05) is 39.6 Å². The van der Waals surface area contributed by atoms with Crippen molar-refractivity contribution in [3.63, 3.8) is 0 Å². The fraction of sp³-hybridized carbons (Fsp3) is 0.545. The molecule has 2 rings (SSSR count). The van der Waals surface area contributed by atoms with Crippen molar-refractivity contribution in [2.24, 2.45) is 0 Å². The molecule has 19 heavy (non-hydrogen) atoms. The Bertz CT molecular complexity index is 417. The Labute approximate surface area is 143 Å². The fourth-order valence-electron chi connectivity index (χ4n) is 2.09. The van der Waals surface area contributed by atoms with Crippen molar-refractivity contribution in [2.45, 2.75) is 11.4 Å². The van der Waals surface area contributed by atoms with E-state index in [0.29, 0.717) is 17.0 Å². The summed E-state index contributed by atoms with van der Waals surface area (Å²) in [7, 11) is 5.04. The fourth-order valence-corrected chi connectivity index (χ4v) is 3.50. The van der Waals surface area contributed by atoms with Gasteiger partial charge in [-0.15, -0.1) is 11.8 Å². The number of hydrogen-bond acceptors (Lipinski definition) is 5. The van der Waals surface area contributed by atoms with E-state index in [0.717, 1.165) is 0 Å². The van der Waals surface area contributed by atoms with E-state index in [1.807, 2.05) is 19.0 Å². The van der Waals surface area contributed by atoms with E-state index in [1.165, 1.54) is 12.0 Å². The summed E-state index contributed by atoms with van der Waals surface area (Å²) in [6, 6.07) is -0.159. The number of β-lactam (4-membered cyclic amide) rings is 1. The summed E-state index contributed by atoms with van der Waals surface area (Å²) < 4.78 is 4.70. The number of esters is 1. The number of hydrogen-bond donors (Lipinski definition) is 0. The standard InChI is InChI=1S/C11H15N2O3S.V.W/c1-6-5-17-10-8(12(2)3)9(14)13(10)7(6)11(15)16-4;;/h8,10H,1,5H2,2-4H3;;/q-1;;. The van der Waals surface area contributed by atoms with Crippen LogP contribution in [0.4, 0.5) is 0 Å². The second-order valence-electron chi connectivity index (χ2n) is 4.26. The van der Waals surface area contributed by atoms with Crippen molar-refractivity contribution in [1.29, 1.82) is 0 Å². The van der Waals surface area contributed by atoms with Crippen LogP contribution in [0.1, 0.15) is 0 Å². The molecule has 0 aromatic heterocycles. The molecule has 2 aliphatic heterocycles. The third-order valence-electron chi connectivity index (χ3n) is 2.95. The van der Waals surface area contributed by atoms with Gasteiger partial charge in [0.15, 0.2) is 0 Å². The molecule has 8 heteroatoms. The quantitative estimate of drug-likeness (QED) is 0.312. The van der Waals surface area contributed by atoms with Crippen molar-refractivity contribution in [2.75, 3.05) is 27.0 Å². The molecule has 2 atom stereocenters. The number of thioether (sulfide) groups is 1. The molecule has 0 aliphatic carbocycles. The van der Waals surface area contributed by atoms with Crippen molar-refractivity contribution >= 4 is 23.6 Å². The van der Waals surface area contributed by atoms with Crippen LogP contribution in [0, 0.1) is 6.92 Å². The van der Waals surface area contributed by atoms with Gasteiger partial charge >= 0.3 is 0 Å². The third-order valence-corrected chi connectivity index (χ3v) is 4.28. The van der Waals surface area contributed by atoms with Crippen LogP contribution < -0.4 is 0 Å². The van der Waals surface area contributed by atoms with Gasteiger partial charge in [-0.1, -0.05) is 0 Å². The second-order valence-corrected chi connectivity index (χ2v) is 5.37. The maximum atomic E-state index is 12.0. The van der Waals surface area contributed by atoms with Crippen molar-refractivity contribution in [1.82, 2.24) is 9.80 Å². The van der Waals surface area contributed by atoms with Gasteiger partial charge in [-0.25, -0.2) is 6.92 Å². The molecule has 5 nitrogen and oxygen atoms in total. The van der Waals surface area contributed by atoms with Crippen LogP contribution >= 0.6 is 11.8 Å². The molecule has 2 heterocycles.